The summed E-state index contributed by atoms with van der Waals surface area (Å²) in [5, 5.41) is 0.627. The van der Waals surface area contributed by atoms with Gasteiger partial charge in [0.05, 0.1) is 11.7 Å². The van der Waals surface area contributed by atoms with Crippen LogP contribution in [0.15, 0.2) is 29.3 Å². The first kappa shape index (κ1) is 22.1. The summed E-state index contributed by atoms with van der Waals surface area (Å²) in [7, 11) is 0. The Kier molecular flexibility index (Phi) is 6.10. The van der Waals surface area contributed by atoms with E-state index in [1.54, 1.807) is 28.9 Å². The fraction of sp³-hybridized carbons (Fsp3) is 0.391. The van der Waals surface area contributed by atoms with Gasteiger partial charge in [-0.25, -0.2) is 9.37 Å². The van der Waals surface area contributed by atoms with E-state index >= 15 is 0 Å². The Bertz CT molecular complexity index is 1260. The predicted molar refractivity (Wildman–Crippen MR) is 122 cm³/mol. The molecule has 0 radical (unpaired) electrons. The molecule has 168 valence electrons. The van der Waals surface area contributed by atoms with Crippen molar-refractivity contribution in [1.29, 1.82) is 0 Å². The molecule has 3 aromatic rings. The summed E-state index contributed by atoms with van der Waals surface area (Å²) < 4.78 is 15.3. The van der Waals surface area contributed by atoms with Crippen molar-refractivity contribution in [3.63, 3.8) is 0 Å². The number of nitrogens with zero attached hydrogens (tertiary/aromatic N) is 4. The molecule has 0 atom stereocenters. The van der Waals surface area contributed by atoms with E-state index < -0.39 is 5.82 Å². The van der Waals surface area contributed by atoms with Crippen LogP contribution in [0.5, 0.6) is 0 Å². The van der Waals surface area contributed by atoms with Gasteiger partial charge in [-0.05, 0) is 44.0 Å². The van der Waals surface area contributed by atoms with Crippen LogP contribution in [0, 0.1) is 26.6 Å². The first-order valence-electron chi connectivity index (χ1n) is 10.5. The smallest absolute Gasteiger partial charge is 0.262 e. The average molecular weight is 457 g/mol. The van der Waals surface area contributed by atoms with Crippen LogP contribution in [-0.2, 0) is 11.3 Å². The fourth-order valence-electron chi connectivity index (χ4n) is 3.87. The number of aryl methyl sites for hydroxylation is 4. The van der Waals surface area contributed by atoms with Crippen molar-refractivity contribution in [1.82, 2.24) is 19.4 Å². The fourth-order valence-corrected chi connectivity index (χ4v) is 4.86. The molecule has 0 saturated carbocycles. The Morgan fingerprint density at radius 2 is 1.78 bits per heavy atom. The topological polar surface area (TPSA) is 75.5 Å². The highest BCUT2D eigenvalue weighted by molar-refractivity contribution is 7.18. The number of hydrogen-bond donors (Lipinski definition) is 0. The van der Waals surface area contributed by atoms with E-state index in [-0.39, 0.29) is 30.3 Å². The largest absolute Gasteiger partial charge is 0.339 e. The quantitative estimate of drug-likeness (QED) is 0.605. The number of carbonyl (C=O) groups excluding carboxylic acids is 2. The van der Waals surface area contributed by atoms with Crippen molar-refractivity contribution in [2.75, 3.05) is 26.2 Å². The summed E-state index contributed by atoms with van der Waals surface area (Å²) >= 11 is 1.50. The van der Waals surface area contributed by atoms with Crippen LogP contribution >= 0.6 is 11.3 Å². The summed E-state index contributed by atoms with van der Waals surface area (Å²) in [6.07, 6.45) is 1.69. The highest BCUT2D eigenvalue weighted by Gasteiger charge is 2.25. The molecular weight excluding hydrogens is 431 g/mol. The van der Waals surface area contributed by atoms with Gasteiger partial charge in [-0.2, -0.15) is 0 Å². The van der Waals surface area contributed by atoms with E-state index in [1.807, 2.05) is 13.8 Å². The van der Waals surface area contributed by atoms with Crippen molar-refractivity contribution in [2.24, 2.45) is 0 Å². The van der Waals surface area contributed by atoms with Gasteiger partial charge in [0.15, 0.2) is 0 Å². The third-order valence-electron chi connectivity index (χ3n) is 6.06. The number of benzene rings is 1. The number of thiophene rings is 1. The lowest BCUT2D eigenvalue weighted by molar-refractivity contribution is -0.132. The Morgan fingerprint density at radius 1 is 1.09 bits per heavy atom. The molecule has 0 unspecified atom stereocenters. The average Bonchev–Trinajstić information content (AvgIpc) is 3.08. The lowest BCUT2D eigenvalue weighted by atomic mass is 10.1. The van der Waals surface area contributed by atoms with E-state index in [0.717, 1.165) is 15.3 Å². The maximum Gasteiger partial charge on any atom is 0.262 e. The molecule has 0 N–H and O–H groups in total. The predicted octanol–water partition coefficient (Wildman–Crippen LogP) is 2.90. The monoisotopic (exact) mass is 456 g/mol. The lowest BCUT2D eigenvalue weighted by Crippen LogP contribution is -2.50. The first-order chi connectivity index (χ1) is 15.3. The van der Waals surface area contributed by atoms with Gasteiger partial charge < -0.3 is 9.80 Å². The van der Waals surface area contributed by atoms with Crippen LogP contribution in [0.3, 0.4) is 0 Å². The van der Waals surface area contributed by atoms with Crippen LogP contribution < -0.4 is 5.56 Å². The minimum absolute atomic E-state index is 0.0660. The van der Waals surface area contributed by atoms with Crippen LogP contribution in [0.25, 0.3) is 10.2 Å². The second-order valence-electron chi connectivity index (χ2n) is 8.09. The summed E-state index contributed by atoms with van der Waals surface area (Å²) in [4.78, 5) is 47.6. The van der Waals surface area contributed by atoms with Gasteiger partial charge in [0.25, 0.3) is 11.5 Å². The summed E-state index contributed by atoms with van der Waals surface area (Å²) in [6.45, 7) is 7.40. The van der Waals surface area contributed by atoms with E-state index in [0.29, 0.717) is 42.7 Å². The van der Waals surface area contributed by atoms with Gasteiger partial charge in [0.1, 0.15) is 10.6 Å². The van der Waals surface area contributed by atoms with Gasteiger partial charge in [-0.1, -0.05) is 6.07 Å². The number of aromatic nitrogens is 2. The molecule has 0 spiro atoms. The van der Waals surface area contributed by atoms with Gasteiger partial charge >= 0.3 is 0 Å². The van der Waals surface area contributed by atoms with Gasteiger partial charge in [-0.3, -0.25) is 19.0 Å². The molecule has 7 nitrogen and oxygen atoms in total. The number of hydrogen-bond acceptors (Lipinski definition) is 5. The van der Waals surface area contributed by atoms with E-state index in [2.05, 4.69) is 4.98 Å². The molecule has 1 aromatic carbocycles. The molecule has 9 heteroatoms. The van der Waals surface area contributed by atoms with E-state index in [9.17, 15) is 18.8 Å². The minimum atomic E-state index is -0.402. The lowest BCUT2D eigenvalue weighted by Gasteiger charge is -2.35. The van der Waals surface area contributed by atoms with Crippen LogP contribution in [0.1, 0.15) is 32.8 Å². The second-order valence-corrected chi connectivity index (χ2v) is 9.30. The van der Waals surface area contributed by atoms with E-state index in [1.165, 1.54) is 28.3 Å². The van der Waals surface area contributed by atoms with Crippen molar-refractivity contribution in [3.8, 4) is 0 Å². The number of rotatable bonds is 4. The van der Waals surface area contributed by atoms with E-state index in [4.69, 9.17) is 0 Å². The normalized spacial score (nSPS) is 14.2. The highest BCUT2D eigenvalue weighted by atomic mass is 32.1. The Labute approximate surface area is 189 Å². The molecule has 1 fully saturated rings. The SMILES string of the molecule is Cc1ccc(C(=O)N2CCN(C(=O)CCn3cnc4sc(C)c(C)c4c3=O)CC2)cc1F. The van der Waals surface area contributed by atoms with Gasteiger partial charge in [0.2, 0.25) is 5.91 Å². The van der Waals surface area contributed by atoms with Gasteiger partial charge in [-0.15, -0.1) is 11.3 Å². The molecule has 1 saturated heterocycles. The molecule has 0 bridgehead atoms. The Morgan fingerprint density at radius 3 is 2.47 bits per heavy atom. The molecular formula is C23H25FN4O3S. The summed E-state index contributed by atoms with van der Waals surface area (Å²) in [5.74, 6) is -0.701. The molecule has 4 rings (SSSR count). The molecule has 32 heavy (non-hydrogen) atoms. The second kappa shape index (κ2) is 8.82. The number of carbonyl (C=O) groups is 2. The zero-order valence-electron chi connectivity index (χ0n) is 18.4. The van der Waals surface area contributed by atoms with Crippen LogP contribution in [0.4, 0.5) is 4.39 Å². The zero-order valence-corrected chi connectivity index (χ0v) is 19.2. The Hall–Kier alpha value is -3.07. The summed E-state index contributed by atoms with van der Waals surface area (Å²) in [5.41, 5.74) is 1.63. The van der Waals surface area contributed by atoms with Crippen molar-refractivity contribution >= 4 is 33.4 Å². The van der Waals surface area contributed by atoms with Gasteiger partial charge in [0, 0.05) is 49.6 Å². The first-order valence-corrected chi connectivity index (χ1v) is 11.4. The maximum absolute atomic E-state index is 13.8. The molecule has 1 aliphatic heterocycles. The number of amides is 2. The van der Waals surface area contributed by atoms with Crippen molar-refractivity contribution < 1.29 is 14.0 Å². The number of halogens is 1. The molecule has 0 aliphatic carbocycles. The third-order valence-corrected chi connectivity index (χ3v) is 7.18. The zero-order chi connectivity index (χ0) is 23.0. The molecule has 3 heterocycles. The minimum Gasteiger partial charge on any atom is -0.339 e. The maximum atomic E-state index is 13.8. The molecule has 2 aromatic heterocycles. The number of fused-ring (bicyclic) bond motifs is 1. The molecule has 2 amide bonds. The standard InChI is InChI=1S/C23H25FN4O3S/c1-14-4-5-17(12-18(14)24)22(30)27-10-8-26(9-11-27)19(29)6-7-28-13-25-21-20(23(28)31)15(2)16(3)32-21/h4-5,12-13H,6-11H2,1-3H3. The van der Waals surface area contributed by atoms with Crippen LogP contribution in [-0.4, -0.2) is 57.3 Å². The van der Waals surface area contributed by atoms with Crippen molar-refractivity contribution in [3.05, 3.63) is 62.3 Å². The highest BCUT2D eigenvalue weighted by Crippen LogP contribution is 2.25. The molecule has 1 aliphatic rings. The Balaban J connectivity index is 1.35. The number of piperazine rings is 1. The van der Waals surface area contributed by atoms with Crippen LogP contribution in [0.2, 0.25) is 0 Å². The third kappa shape index (κ3) is 4.17. The van der Waals surface area contributed by atoms with Crippen molar-refractivity contribution in [2.45, 2.75) is 33.7 Å². The summed E-state index contributed by atoms with van der Waals surface area (Å²) in [6, 6.07) is 4.47.